The van der Waals surface area contributed by atoms with E-state index in [9.17, 15) is 4.79 Å². The second-order valence-electron chi connectivity index (χ2n) is 7.16. The second-order valence-corrected chi connectivity index (χ2v) is 7.57. The van der Waals surface area contributed by atoms with Crippen molar-refractivity contribution in [2.75, 3.05) is 37.5 Å². The number of thiocarbonyl (C=S) groups is 1. The Kier molecular flexibility index (Phi) is 6.93. The summed E-state index contributed by atoms with van der Waals surface area (Å²) in [5.74, 6) is 1.25. The van der Waals surface area contributed by atoms with E-state index in [-0.39, 0.29) is 5.11 Å². The van der Waals surface area contributed by atoms with Crippen LogP contribution in [0.25, 0.3) is 0 Å². The van der Waals surface area contributed by atoms with Gasteiger partial charge in [0.05, 0.1) is 14.2 Å². The summed E-state index contributed by atoms with van der Waals surface area (Å²) in [7, 11) is 3.01. The third-order valence-corrected chi connectivity index (χ3v) is 5.36. The maximum Gasteiger partial charge on any atom is 0.264 e. The number of piperidine rings is 1. The molecule has 0 saturated carbocycles. The van der Waals surface area contributed by atoms with E-state index in [0.29, 0.717) is 17.1 Å². The molecular formula is C22H27N3O3S. The lowest BCUT2D eigenvalue weighted by molar-refractivity contribution is 0.0971. The molecule has 1 saturated heterocycles. The standard InChI is InChI=1S/C22H27N3O3S/c1-15-11-13-25(14-12-15)17-9-7-16(8-10-17)23-22(29)24-21(26)20-18(27-2)5-4-6-19(20)28-3/h4-10,15H,11-14H2,1-3H3,(H2,23,24,26,29). The van der Waals surface area contributed by atoms with Crippen LogP contribution in [-0.2, 0) is 0 Å². The van der Waals surface area contributed by atoms with Crippen LogP contribution in [0.5, 0.6) is 11.5 Å². The van der Waals surface area contributed by atoms with Crippen LogP contribution < -0.4 is 25.0 Å². The zero-order valence-corrected chi connectivity index (χ0v) is 17.8. The fraction of sp³-hybridized carbons (Fsp3) is 0.364. The summed E-state index contributed by atoms with van der Waals surface area (Å²) in [6.07, 6.45) is 2.45. The van der Waals surface area contributed by atoms with Crippen molar-refractivity contribution in [2.24, 2.45) is 5.92 Å². The lowest BCUT2D eigenvalue weighted by atomic mass is 9.99. The molecule has 1 fully saturated rings. The van der Waals surface area contributed by atoms with Gasteiger partial charge in [-0.1, -0.05) is 13.0 Å². The molecule has 2 N–H and O–H groups in total. The van der Waals surface area contributed by atoms with Crippen molar-refractivity contribution in [2.45, 2.75) is 19.8 Å². The largest absolute Gasteiger partial charge is 0.496 e. The Balaban J connectivity index is 1.62. The minimum absolute atomic E-state index is 0.211. The predicted molar refractivity (Wildman–Crippen MR) is 120 cm³/mol. The van der Waals surface area contributed by atoms with Gasteiger partial charge in [0.2, 0.25) is 0 Å². The number of amides is 1. The molecule has 29 heavy (non-hydrogen) atoms. The minimum atomic E-state index is -0.393. The molecule has 1 amide bonds. The smallest absolute Gasteiger partial charge is 0.264 e. The Morgan fingerprint density at radius 3 is 2.17 bits per heavy atom. The summed E-state index contributed by atoms with van der Waals surface area (Å²) in [6, 6.07) is 13.3. The molecule has 3 rings (SSSR count). The van der Waals surface area contributed by atoms with Gasteiger partial charge in [-0.2, -0.15) is 0 Å². The van der Waals surface area contributed by atoms with Gasteiger partial charge in [-0.3, -0.25) is 10.1 Å². The third-order valence-electron chi connectivity index (χ3n) is 5.16. The van der Waals surface area contributed by atoms with Gasteiger partial charge in [-0.05, 0) is 67.4 Å². The van der Waals surface area contributed by atoms with Gasteiger partial charge < -0.3 is 19.7 Å². The Morgan fingerprint density at radius 2 is 1.62 bits per heavy atom. The van der Waals surface area contributed by atoms with E-state index in [4.69, 9.17) is 21.7 Å². The molecular weight excluding hydrogens is 386 g/mol. The number of carbonyl (C=O) groups is 1. The molecule has 6 nitrogen and oxygen atoms in total. The normalized spacial score (nSPS) is 14.2. The number of benzene rings is 2. The molecule has 1 heterocycles. The lowest BCUT2D eigenvalue weighted by Crippen LogP contribution is -2.34. The predicted octanol–water partition coefficient (Wildman–Crippen LogP) is 4.07. The molecule has 0 atom stereocenters. The summed E-state index contributed by atoms with van der Waals surface area (Å²) in [5, 5.41) is 5.95. The van der Waals surface area contributed by atoms with Crippen LogP contribution in [0.3, 0.4) is 0 Å². The number of hydrogen-bond acceptors (Lipinski definition) is 5. The van der Waals surface area contributed by atoms with Crippen LogP contribution in [0.2, 0.25) is 0 Å². The maximum absolute atomic E-state index is 12.7. The van der Waals surface area contributed by atoms with Gasteiger partial charge >= 0.3 is 0 Å². The van der Waals surface area contributed by atoms with Crippen LogP contribution in [-0.4, -0.2) is 38.3 Å². The van der Waals surface area contributed by atoms with E-state index < -0.39 is 5.91 Å². The molecule has 154 valence electrons. The lowest BCUT2D eigenvalue weighted by Gasteiger charge is -2.32. The van der Waals surface area contributed by atoms with Gasteiger partial charge in [0.25, 0.3) is 5.91 Å². The molecule has 0 unspecified atom stereocenters. The highest BCUT2D eigenvalue weighted by Crippen LogP contribution is 2.28. The van der Waals surface area contributed by atoms with Gasteiger partial charge in [0, 0.05) is 24.5 Å². The summed E-state index contributed by atoms with van der Waals surface area (Å²) < 4.78 is 10.6. The van der Waals surface area contributed by atoms with E-state index in [1.165, 1.54) is 32.7 Å². The number of methoxy groups -OCH3 is 2. The van der Waals surface area contributed by atoms with Crippen molar-refractivity contribution in [1.29, 1.82) is 0 Å². The number of hydrogen-bond donors (Lipinski definition) is 2. The Labute approximate surface area is 177 Å². The van der Waals surface area contributed by atoms with Crippen LogP contribution >= 0.6 is 12.2 Å². The Hall–Kier alpha value is -2.80. The highest BCUT2D eigenvalue weighted by Gasteiger charge is 2.19. The number of anilines is 2. The number of nitrogens with one attached hydrogen (secondary N) is 2. The Bertz CT molecular complexity index is 840. The number of ether oxygens (including phenoxy) is 2. The summed E-state index contributed by atoms with van der Waals surface area (Å²) in [5.41, 5.74) is 2.32. The topological polar surface area (TPSA) is 62.8 Å². The zero-order valence-electron chi connectivity index (χ0n) is 17.0. The highest BCUT2D eigenvalue weighted by atomic mass is 32.1. The first kappa shape index (κ1) is 20.9. The average molecular weight is 414 g/mol. The quantitative estimate of drug-likeness (QED) is 0.721. The molecule has 1 aliphatic heterocycles. The van der Waals surface area contributed by atoms with E-state index in [0.717, 1.165) is 24.7 Å². The van der Waals surface area contributed by atoms with Gasteiger partial charge in [0.15, 0.2) is 5.11 Å². The van der Waals surface area contributed by atoms with Crippen LogP contribution in [0.1, 0.15) is 30.1 Å². The van der Waals surface area contributed by atoms with Gasteiger partial charge in [-0.15, -0.1) is 0 Å². The van der Waals surface area contributed by atoms with Crippen molar-refractivity contribution in [3.05, 3.63) is 48.0 Å². The zero-order chi connectivity index (χ0) is 20.8. The highest BCUT2D eigenvalue weighted by molar-refractivity contribution is 7.80. The monoisotopic (exact) mass is 413 g/mol. The number of nitrogens with zero attached hydrogens (tertiary/aromatic N) is 1. The molecule has 0 aromatic heterocycles. The SMILES string of the molecule is COc1cccc(OC)c1C(=O)NC(=S)Nc1ccc(N2CCC(C)CC2)cc1. The van der Waals surface area contributed by atoms with Crippen molar-refractivity contribution < 1.29 is 14.3 Å². The van der Waals surface area contributed by atoms with Crippen molar-refractivity contribution in [3.63, 3.8) is 0 Å². The fourth-order valence-corrected chi connectivity index (χ4v) is 3.64. The molecule has 0 spiro atoms. The molecule has 0 aliphatic carbocycles. The first-order valence-corrected chi connectivity index (χ1v) is 10.1. The van der Waals surface area contributed by atoms with E-state index >= 15 is 0 Å². The molecule has 0 radical (unpaired) electrons. The van der Waals surface area contributed by atoms with E-state index in [1.807, 2.05) is 12.1 Å². The third kappa shape index (κ3) is 5.17. The molecule has 1 aliphatic rings. The Morgan fingerprint density at radius 1 is 1.03 bits per heavy atom. The minimum Gasteiger partial charge on any atom is -0.496 e. The van der Waals surface area contributed by atoms with Crippen molar-refractivity contribution >= 4 is 34.6 Å². The molecule has 7 heteroatoms. The summed E-state index contributed by atoms with van der Waals surface area (Å²) in [4.78, 5) is 15.1. The fourth-order valence-electron chi connectivity index (χ4n) is 3.43. The molecule has 0 bridgehead atoms. The van der Waals surface area contributed by atoms with Gasteiger partial charge in [0.1, 0.15) is 17.1 Å². The van der Waals surface area contributed by atoms with Crippen LogP contribution in [0.4, 0.5) is 11.4 Å². The van der Waals surface area contributed by atoms with E-state index in [1.54, 1.807) is 18.2 Å². The van der Waals surface area contributed by atoms with Crippen LogP contribution in [0.15, 0.2) is 42.5 Å². The van der Waals surface area contributed by atoms with Gasteiger partial charge in [-0.25, -0.2) is 0 Å². The summed E-state index contributed by atoms with van der Waals surface area (Å²) in [6.45, 7) is 4.48. The first-order valence-electron chi connectivity index (χ1n) is 9.70. The maximum atomic E-state index is 12.7. The number of rotatable bonds is 5. The molecule has 2 aromatic rings. The van der Waals surface area contributed by atoms with Crippen LogP contribution in [0, 0.1) is 5.92 Å². The van der Waals surface area contributed by atoms with Crippen molar-refractivity contribution in [3.8, 4) is 11.5 Å². The molecule has 2 aromatic carbocycles. The average Bonchev–Trinajstić information content (AvgIpc) is 2.74. The number of carbonyl (C=O) groups excluding carboxylic acids is 1. The second kappa shape index (κ2) is 9.60. The van der Waals surface area contributed by atoms with E-state index in [2.05, 4.69) is 34.6 Å². The summed E-state index contributed by atoms with van der Waals surface area (Å²) >= 11 is 5.31. The first-order chi connectivity index (χ1) is 14.0. The van der Waals surface area contributed by atoms with Crippen molar-refractivity contribution in [1.82, 2.24) is 5.32 Å².